The van der Waals surface area contributed by atoms with Gasteiger partial charge in [-0.25, -0.2) is 0 Å². The number of ether oxygens (including phenoxy) is 2. The van der Waals surface area contributed by atoms with Crippen LogP contribution in [0, 0.1) is 18.8 Å². The lowest BCUT2D eigenvalue weighted by molar-refractivity contribution is -0.136. The summed E-state index contributed by atoms with van der Waals surface area (Å²) in [5, 5.41) is 5.40. The number of benzene rings is 2. The van der Waals surface area contributed by atoms with Crippen LogP contribution in [0.3, 0.4) is 0 Å². The predicted molar refractivity (Wildman–Crippen MR) is 153 cm³/mol. The van der Waals surface area contributed by atoms with Crippen LogP contribution >= 0.6 is 0 Å². The molecular formula is C32H39N3O6. The fraction of sp³-hybridized carbons (Fsp3) is 0.500. The molecule has 0 saturated carbocycles. The van der Waals surface area contributed by atoms with Crippen LogP contribution in [0.2, 0.25) is 0 Å². The summed E-state index contributed by atoms with van der Waals surface area (Å²) in [6, 6.07) is 11.3. The van der Waals surface area contributed by atoms with Gasteiger partial charge in [-0.3, -0.25) is 29.4 Å². The highest BCUT2D eigenvalue weighted by Gasteiger charge is 2.31. The molecule has 41 heavy (non-hydrogen) atoms. The molecule has 2 N–H and O–H groups in total. The van der Waals surface area contributed by atoms with Gasteiger partial charge in [-0.2, -0.15) is 0 Å². The van der Waals surface area contributed by atoms with E-state index in [1.165, 1.54) is 0 Å². The largest absolute Gasteiger partial charge is 0.492 e. The standard InChI is InChI=1S/C32H39N3O6/c1-21-2-4-26(19-28(21)41-17-14-35-12-15-40-16-13-35)31(38)33-20-22-3-10-27-25(18-22)8-6-23(30(27)37)5-7-24-9-11-29(36)34-32(24)39/h2-4,10,18-19,23-24H,5-9,11-17,20H2,1H3,(H,33,38)(H,34,36,39). The maximum Gasteiger partial charge on any atom is 0.251 e. The van der Waals surface area contributed by atoms with Crippen molar-refractivity contribution in [1.29, 1.82) is 0 Å². The highest BCUT2D eigenvalue weighted by Crippen LogP contribution is 2.31. The van der Waals surface area contributed by atoms with Gasteiger partial charge in [0.1, 0.15) is 12.4 Å². The topological polar surface area (TPSA) is 114 Å². The van der Waals surface area contributed by atoms with E-state index < -0.39 is 0 Å². The molecule has 2 fully saturated rings. The number of rotatable bonds is 10. The molecular weight excluding hydrogens is 522 g/mol. The van der Waals surface area contributed by atoms with E-state index in [9.17, 15) is 19.2 Å². The van der Waals surface area contributed by atoms with E-state index >= 15 is 0 Å². The number of piperidine rings is 1. The Labute approximate surface area is 241 Å². The Hall–Kier alpha value is -3.56. The summed E-state index contributed by atoms with van der Waals surface area (Å²) >= 11 is 0. The number of carbonyl (C=O) groups is 4. The number of hydrogen-bond donors (Lipinski definition) is 2. The molecule has 2 aromatic rings. The van der Waals surface area contributed by atoms with Crippen molar-refractivity contribution in [3.63, 3.8) is 0 Å². The quantitative estimate of drug-likeness (QED) is 0.428. The van der Waals surface area contributed by atoms with Gasteiger partial charge in [0.2, 0.25) is 11.8 Å². The van der Waals surface area contributed by atoms with Crippen molar-refractivity contribution in [2.24, 2.45) is 11.8 Å². The third-order valence-electron chi connectivity index (χ3n) is 8.46. The number of ketones is 1. The Kier molecular flexibility index (Phi) is 9.46. The zero-order valence-electron chi connectivity index (χ0n) is 23.7. The Bertz CT molecular complexity index is 1300. The van der Waals surface area contributed by atoms with Gasteiger partial charge in [-0.1, -0.05) is 24.3 Å². The molecule has 3 aliphatic rings. The van der Waals surface area contributed by atoms with Gasteiger partial charge in [-0.05, 0) is 67.9 Å². The van der Waals surface area contributed by atoms with Gasteiger partial charge in [-0.15, -0.1) is 0 Å². The van der Waals surface area contributed by atoms with E-state index in [4.69, 9.17) is 9.47 Å². The van der Waals surface area contributed by atoms with Crippen LogP contribution in [0.25, 0.3) is 0 Å². The number of carbonyl (C=O) groups excluding carboxylic acids is 4. The van der Waals surface area contributed by atoms with Gasteiger partial charge in [0.25, 0.3) is 5.91 Å². The maximum atomic E-state index is 13.2. The first-order chi connectivity index (χ1) is 19.9. The van der Waals surface area contributed by atoms with Gasteiger partial charge in [0, 0.05) is 55.6 Å². The molecule has 0 bridgehead atoms. The van der Waals surface area contributed by atoms with Crippen LogP contribution in [0.4, 0.5) is 0 Å². The summed E-state index contributed by atoms with van der Waals surface area (Å²) in [5.41, 5.74) is 4.21. The molecule has 2 aromatic carbocycles. The van der Waals surface area contributed by atoms with Crippen molar-refractivity contribution >= 4 is 23.5 Å². The van der Waals surface area contributed by atoms with Crippen molar-refractivity contribution in [3.05, 3.63) is 64.2 Å². The minimum absolute atomic E-state index is 0.106. The molecule has 3 amide bonds. The van der Waals surface area contributed by atoms with Crippen molar-refractivity contribution in [2.75, 3.05) is 39.5 Å². The number of hydrogen-bond acceptors (Lipinski definition) is 7. The second-order valence-electron chi connectivity index (χ2n) is 11.3. The summed E-state index contributed by atoms with van der Waals surface area (Å²) in [6.07, 6.45) is 3.72. The molecule has 1 aliphatic carbocycles. The molecule has 0 spiro atoms. The van der Waals surface area contributed by atoms with Crippen molar-refractivity contribution in [2.45, 2.75) is 52.0 Å². The molecule has 2 saturated heterocycles. The number of fused-ring (bicyclic) bond motifs is 1. The van der Waals surface area contributed by atoms with E-state index in [0.29, 0.717) is 50.1 Å². The second-order valence-corrected chi connectivity index (χ2v) is 11.3. The molecule has 0 radical (unpaired) electrons. The lowest BCUT2D eigenvalue weighted by Gasteiger charge is -2.26. The van der Waals surface area contributed by atoms with Gasteiger partial charge < -0.3 is 14.8 Å². The zero-order chi connectivity index (χ0) is 28.8. The van der Waals surface area contributed by atoms with Gasteiger partial charge in [0.05, 0.1) is 13.2 Å². The number of aryl methyl sites for hydroxylation is 2. The second kappa shape index (κ2) is 13.4. The molecule has 9 heteroatoms. The fourth-order valence-electron chi connectivity index (χ4n) is 5.87. The fourth-order valence-corrected chi connectivity index (χ4v) is 5.87. The summed E-state index contributed by atoms with van der Waals surface area (Å²) in [5.74, 6) is -0.0708. The third kappa shape index (κ3) is 7.40. The molecule has 2 atom stereocenters. The molecule has 9 nitrogen and oxygen atoms in total. The van der Waals surface area contributed by atoms with E-state index in [0.717, 1.165) is 67.9 Å². The van der Waals surface area contributed by atoms with Crippen LogP contribution < -0.4 is 15.4 Å². The van der Waals surface area contributed by atoms with E-state index in [2.05, 4.69) is 15.5 Å². The van der Waals surface area contributed by atoms with Crippen LogP contribution in [0.5, 0.6) is 5.75 Å². The number of amides is 3. The highest BCUT2D eigenvalue weighted by atomic mass is 16.5. The lowest BCUT2D eigenvalue weighted by atomic mass is 9.78. The molecule has 218 valence electrons. The normalized spacial score (nSPS) is 21.2. The first-order valence-electron chi connectivity index (χ1n) is 14.7. The minimum atomic E-state index is -0.214. The average Bonchev–Trinajstić information content (AvgIpc) is 2.98. The van der Waals surface area contributed by atoms with Crippen molar-refractivity contribution in [3.8, 4) is 5.75 Å². The van der Waals surface area contributed by atoms with Crippen molar-refractivity contribution < 1.29 is 28.7 Å². The lowest BCUT2D eigenvalue weighted by Crippen LogP contribution is -2.41. The smallest absolute Gasteiger partial charge is 0.251 e. The monoisotopic (exact) mass is 561 g/mol. The Balaban J connectivity index is 1.12. The number of imide groups is 1. The summed E-state index contributed by atoms with van der Waals surface area (Å²) in [7, 11) is 0. The Morgan fingerprint density at radius 2 is 1.80 bits per heavy atom. The molecule has 2 aliphatic heterocycles. The van der Waals surface area contributed by atoms with Crippen LogP contribution in [-0.2, 0) is 27.3 Å². The van der Waals surface area contributed by atoms with E-state index in [1.54, 1.807) is 12.1 Å². The number of nitrogens with one attached hydrogen (secondary N) is 2. The highest BCUT2D eigenvalue weighted by molar-refractivity contribution is 6.01. The first-order valence-corrected chi connectivity index (χ1v) is 14.7. The van der Waals surface area contributed by atoms with Gasteiger partial charge >= 0.3 is 0 Å². The summed E-state index contributed by atoms with van der Waals surface area (Å²) < 4.78 is 11.4. The molecule has 0 aromatic heterocycles. The first kappa shape index (κ1) is 29.0. The minimum Gasteiger partial charge on any atom is -0.492 e. The third-order valence-corrected chi connectivity index (χ3v) is 8.46. The number of morpholine rings is 1. The number of nitrogens with zero attached hydrogens (tertiary/aromatic N) is 1. The molecule has 5 rings (SSSR count). The zero-order valence-corrected chi connectivity index (χ0v) is 23.7. The predicted octanol–water partition coefficient (Wildman–Crippen LogP) is 3.21. The van der Waals surface area contributed by atoms with E-state index in [1.807, 2.05) is 31.2 Å². The van der Waals surface area contributed by atoms with Crippen LogP contribution in [0.15, 0.2) is 36.4 Å². The SMILES string of the molecule is Cc1ccc(C(=O)NCc2ccc3c(c2)CCC(CCC2CCC(=O)NC2=O)C3=O)cc1OCCN1CCOCC1. The average molecular weight is 562 g/mol. The Morgan fingerprint density at radius 1 is 1.02 bits per heavy atom. The van der Waals surface area contributed by atoms with E-state index in [-0.39, 0.29) is 35.3 Å². The number of Topliss-reactive ketones (excluding diaryl/α,β-unsaturated/α-hetero) is 1. The Morgan fingerprint density at radius 3 is 2.61 bits per heavy atom. The molecule has 2 heterocycles. The molecule has 2 unspecified atom stereocenters. The summed E-state index contributed by atoms with van der Waals surface area (Å²) in [4.78, 5) is 51.9. The van der Waals surface area contributed by atoms with Crippen molar-refractivity contribution in [1.82, 2.24) is 15.5 Å². The van der Waals surface area contributed by atoms with Crippen LogP contribution in [-0.4, -0.2) is 67.9 Å². The van der Waals surface area contributed by atoms with Gasteiger partial charge in [0.15, 0.2) is 5.78 Å². The van der Waals surface area contributed by atoms with Crippen LogP contribution in [0.1, 0.15) is 69.5 Å². The maximum absolute atomic E-state index is 13.2. The summed E-state index contributed by atoms with van der Waals surface area (Å²) in [6.45, 7) is 7.03.